The fourth-order valence-electron chi connectivity index (χ4n) is 2.24. The first-order chi connectivity index (χ1) is 12.0. The third-order valence-electron chi connectivity index (χ3n) is 3.64. The van der Waals surface area contributed by atoms with Crippen LogP contribution in [-0.2, 0) is 20.9 Å². The van der Waals surface area contributed by atoms with E-state index in [2.05, 4.69) is 9.46 Å². The smallest absolute Gasteiger partial charge is 0.416 e. The molecule has 0 bridgehead atoms. The van der Waals surface area contributed by atoms with Crippen molar-refractivity contribution in [3.05, 3.63) is 65.2 Å². The van der Waals surface area contributed by atoms with Crippen molar-refractivity contribution in [2.75, 3.05) is 7.11 Å². The largest absolute Gasteiger partial charge is 0.465 e. The third kappa shape index (κ3) is 4.61. The molecule has 2 aromatic rings. The van der Waals surface area contributed by atoms with Crippen molar-refractivity contribution in [1.82, 2.24) is 4.72 Å². The third-order valence-corrected chi connectivity index (χ3v) is 5.17. The molecule has 9 heteroatoms. The maximum Gasteiger partial charge on any atom is 0.416 e. The van der Waals surface area contributed by atoms with Crippen molar-refractivity contribution in [1.29, 1.82) is 0 Å². The van der Waals surface area contributed by atoms with Gasteiger partial charge in [0.25, 0.3) is 0 Å². The van der Waals surface area contributed by atoms with Gasteiger partial charge in [0.05, 0.1) is 23.1 Å². The highest BCUT2D eigenvalue weighted by Gasteiger charge is 2.30. The number of carbonyl (C=O) groups excluding carboxylic acids is 1. The number of benzene rings is 2. The molecular weight excluding hydrogens is 371 g/mol. The van der Waals surface area contributed by atoms with Crippen LogP contribution < -0.4 is 4.72 Å². The first-order valence-electron chi connectivity index (χ1n) is 7.42. The van der Waals surface area contributed by atoms with E-state index in [4.69, 9.17) is 0 Å². The van der Waals surface area contributed by atoms with Crippen molar-refractivity contribution in [3.63, 3.8) is 0 Å². The lowest BCUT2D eigenvalue weighted by molar-refractivity contribution is -0.137. The Hall–Kier alpha value is -2.39. The molecule has 1 atom stereocenters. The predicted octanol–water partition coefficient (Wildman–Crippen LogP) is 3.53. The van der Waals surface area contributed by atoms with Gasteiger partial charge in [-0.2, -0.15) is 13.2 Å². The Bertz CT molecular complexity index is 893. The van der Waals surface area contributed by atoms with Gasteiger partial charge in [0, 0.05) is 6.04 Å². The lowest BCUT2D eigenvalue weighted by atomic mass is 10.1. The summed E-state index contributed by atoms with van der Waals surface area (Å²) in [5.41, 5.74) is -0.384. The second kappa shape index (κ2) is 7.46. The molecule has 0 radical (unpaired) electrons. The molecule has 0 unspecified atom stereocenters. The Labute approximate surface area is 148 Å². The Morgan fingerprint density at radius 1 is 1.12 bits per heavy atom. The number of ether oxygens (including phenoxy) is 1. The summed E-state index contributed by atoms with van der Waals surface area (Å²) in [7, 11) is -2.82. The molecule has 5 nitrogen and oxygen atoms in total. The average Bonchev–Trinajstić information content (AvgIpc) is 2.60. The number of carbonyl (C=O) groups is 1. The van der Waals surface area contributed by atoms with Crippen LogP contribution in [0.2, 0.25) is 0 Å². The molecule has 0 aliphatic rings. The number of halogens is 3. The number of hydrogen-bond donors (Lipinski definition) is 1. The number of nitrogens with one attached hydrogen (secondary N) is 1. The molecule has 2 aromatic carbocycles. The number of rotatable bonds is 5. The Morgan fingerprint density at radius 2 is 1.73 bits per heavy atom. The quantitative estimate of drug-likeness (QED) is 0.797. The highest BCUT2D eigenvalue weighted by atomic mass is 32.2. The van der Waals surface area contributed by atoms with Crippen LogP contribution in [-0.4, -0.2) is 21.5 Å². The minimum Gasteiger partial charge on any atom is -0.465 e. The molecular formula is C17H16F3NO4S. The minimum atomic E-state index is -4.46. The monoisotopic (exact) mass is 387 g/mol. The molecule has 0 amide bonds. The summed E-state index contributed by atoms with van der Waals surface area (Å²) in [6.07, 6.45) is -4.46. The normalized spacial score (nSPS) is 13.3. The second-order valence-electron chi connectivity index (χ2n) is 5.48. The van der Waals surface area contributed by atoms with Crippen molar-refractivity contribution in [2.24, 2.45) is 0 Å². The van der Waals surface area contributed by atoms with Crippen LogP contribution in [0.5, 0.6) is 0 Å². The van der Waals surface area contributed by atoms with Crippen LogP contribution in [0.25, 0.3) is 0 Å². The molecule has 0 heterocycles. The van der Waals surface area contributed by atoms with E-state index in [1.165, 1.54) is 44.4 Å². The molecule has 0 saturated carbocycles. The minimum absolute atomic E-state index is 0.0672. The van der Waals surface area contributed by atoms with Crippen LogP contribution in [0, 0.1) is 0 Å². The summed E-state index contributed by atoms with van der Waals surface area (Å²) >= 11 is 0. The summed E-state index contributed by atoms with van der Waals surface area (Å²) in [5, 5.41) is 0. The zero-order chi connectivity index (χ0) is 19.5. The van der Waals surface area contributed by atoms with Crippen LogP contribution >= 0.6 is 0 Å². The molecule has 26 heavy (non-hydrogen) atoms. The van der Waals surface area contributed by atoms with Gasteiger partial charge in [0.2, 0.25) is 10.0 Å². The lowest BCUT2D eigenvalue weighted by Gasteiger charge is -2.16. The summed E-state index contributed by atoms with van der Waals surface area (Å²) < 4.78 is 69.6. The zero-order valence-electron chi connectivity index (χ0n) is 13.9. The molecule has 0 aromatic heterocycles. The Morgan fingerprint density at radius 3 is 2.27 bits per heavy atom. The SMILES string of the molecule is COC(=O)c1cccc(S(=O)(=O)N[C@H](C)c2ccc(C(F)(F)F)cc2)c1. The average molecular weight is 387 g/mol. The number of hydrogen-bond acceptors (Lipinski definition) is 4. The fraction of sp³-hybridized carbons (Fsp3) is 0.235. The van der Waals surface area contributed by atoms with Gasteiger partial charge in [0.15, 0.2) is 0 Å². The molecule has 0 aliphatic carbocycles. The van der Waals surface area contributed by atoms with E-state index in [1.54, 1.807) is 0 Å². The van der Waals surface area contributed by atoms with E-state index in [0.717, 1.165) is 18.2 Å². The standard InChI is InChI=1S/C17H16F3NO4S/c1-11(12-6-8-14(9-7-12)17(18,19)20)21-26(23,24)15-5-3-4-13(10-15)16(22)25-2/h3-11,21H,1-2H3/t11-/m1/s1. The molecule has 0 fully saturated rings. The lowest BCUT2D eigenvalue weighted by Crippen LogP contribution is -2.27. The van der Waals surface area contributed by atoms with Crippen LogP contribution in [0.3, 0.4) is 0 Å². The summed E-state index contributed by atoms with van der Waals surface area (Å²) in [5.74, 6) is -0.683. The highest BCUT2D eigenvalue weighted by Crippen LogP contribution is 2.30. The van der Waals surface area contributed by atoms with Gasteiger partial charge in [-0.25, -0.2) is 17.9 Å². The summed E-state index contributed by atoms with van der Waals surface area (Å²) in [4.78, 5) is 11.4. The van der Waals surface area contributed by atoms with Gasteiger partial charge >= 0.3 is 12.1 Å². The number of alkyl halides is 3. The molecule has 0 aliphatic heterocycles. The van der Waals surface area contributed by atoms with Crippen LogP contribution in [0.4, 0.5) is 13.2 Å². The maximum atomic E-state index is 12.6. The molecule has 0 spiro atoms. The van der Waals surface area contributed by atoms with E-state index < -0.39 is 33.8 Å². The van der Waals surface area contributed by atoms with E-state index in [1.807, 2.05) is 0 Å². The number of sulfonamides is 1. The second-order valence-corrected chi connectivity index (χ2v) is 7.20. The van der Waals surface area contributed by atoms with Gasteiger partial charge in [0.1, 0.15) is 0 Å². The van der Waals surface area contributed by atoms with Gasteiger partial charge in [-0.05, 0) is 42.8 Å². The maximum absolute atomic E-state index is 12.6. The van der Waals surface area contributed by atoms with E-state index >= 15 is 0 Å². The number of esters is 1. The van der Waals surface area contributed by atoms with Gasteiger partial charge < -0.3 is 4.74 Å². The first kappa shape index (κ1) is 19.9. The van der Waals surface area contributed by atoms with Crippen molar-refractivity contribution >= 4 is 16.0 Å². The van der Waals surface area contributed by atoms with E-state index in [9.17, 15) is 26.4 Å². The van der Waals surface area contributed by atoms with Crippen LogP contribution in [0.1, 0.15) is 34.5 Å². The molecule has 2 rings (SSSR count). The van der Waals surface area contributed by atoms with Crippen molar-refractivity contribution in [3.8, 4) is 0 Å². The number of methoxy groups -OCH3 is 1. The molecule has 140 valence electrons. The summed E-state index contributed by atoms with van der Waals surface area (Å²) in [6, 6.07) is 8.68. The first-order valence-corrected chi connectivity index (χ1v) is 8.91. The van der Waals surface area contributed by atoms with Gasteiger partial charge in [-0.1, -0.05) is 18.2 Å². The zero-order valence-corrected chi connectivity index (χ0v) is 14.7. The van der Waals surface area contributed by atoms with Crippen LogP contribution in [0.15, 0.2) is 53.4 Å². The predicted molar refractivity (Wildman–Crippen MR) is 88.0 cm³/mol. The van der Waals surface area contributed by atoms with E-state index in [-0.39, 0.29) is 10.5 Å². The van der Waals surface area contributed by atoms with Gasteiger partial charge in [-0.3, -0.25) is 0 Å². The Balaban J connectivity index is 2.22. The molecule has 0 saturated heterocycles. The van der Waals surface area contributed by atoms with Gasteiger partial charge in [-0.15, -0.1) is 0 Å². The highest BCUT2D eigenvalue weighted by molar-refractivity contribution is 7.89. The Kier molecular flexibility index (Phi) is 5.72. The summed E-state index contributed by atoms with van der Waals surface area (Å²) in [6.45, 7) is 1.50. The van der Waals surface area contributed by atoms with E-state index in [0.29, 0.717) is 5.56 Å². The van der Waals surface area contributed by atoms with Crippen molar-refractivity contribution < 1.29 is 31.1 Å². The fourth-order valence-corrected chi connectivity index (χ4v) is 3.52. The molecule has 1 N–H and O–H groups in total. The van der Waals surface area contributed by atoms with Crippen molar-refractivity contribution in [2.45, 2.75) is 24.0 Å². The topological polar surface area (TPSA) is 72.5 Å².